The van der Waals surface area contributed by atoms with Crippen LogP contribution in [0.15, 0.2) is 24.3 Å². The first kappa shape index (κ1) is 10.3. The molecule has 1 aliphatic heterocycles. The number of hydrogen-bond donors (Lipinski definition) is 0. The van der Waals surface area contributed by atoms with Crippen LogP contribution in [-0.4, -0.2) is 19.3 Å². The van der Waals surface area contributed by atoms with Crippen molar-refractivity contribution in [2.24, 2.45) is 0 Å². The normalized spacial score (nSPS) is 20.1. The molecule has 0 amide bonds. The van der Waals surface area contributed by atoms with E-state index in [1.54, 1.807) is 0 Å². The van der Waals surface area contributed by atoms with Crippen molar-refractivity contribution in [1.29, 1.82) is 0 Å². The summed E-state index contributed by atoms with van der Waals surface area (Å²) in [7, 11) is 0. The number of ether oxygens (including phenoxy) is 2. The number of halogens is 3. The zero-order chi connectivity index (χ0) is 10.9. The lowest BCUT2D eigenvalue weighted by atomic mass is 10.2. The second-order valence-corrected chi connectivity index (χ2v) is 3.26. The molecule has 1 heterocycles. The SMILES string of the molecule is FC(F)(F)c1ccccc1OC[C@H]1CO1. The molecule has 1 aliphatic rings. The molecule has 0 N–H and O–H groups in total. The molecule has 0 spiro atoms. The smallest absolute Gasteiger partial charge is 0.419 e. The van der Waals surface area contributed by atoms with E-state index in [1.165, 1.54) is 18.2 Å². The van der Waals surface area contributed by atoms with Crippen molar-refractivity contribution in [2.75, 3.05) is 13.2 Å². The van der Waals surface area contributed by atoms with Gasteiger partial charge in [0.1, 0.15) is 18.5 Å². The third kappa shape index (κ3) is 2.62. The Morgan fingerprint density at radius 2 is 2.00 bits per heavy atom. The highest BCUT2D eigenvalue weighted by Crippen LogP contribution is 2.36. The van der Waals surface area contributed by atoms with Gasteiger partial charge >= 0.3 is 6.18 Å². The summed E-state index contributed by atoms with van der Waals surface area (Å²) in [4.78, 5) is 0. The van der Waals surface area contributed by atoms with Crippen molar-refractivity contribution < 1.29 is 22.6 Å². The van der Waals surface area contributed by atoms with E-state index in [-0.39, 0.29) is 18.5 Å². The van der Waals surface area contributed by atoms with Crippen molar-refractivity contribution in [1.82, 2.24) is 0 Å². The molecule has 0 aliphatic carbocycles. The highest BCUT2D eigenvalue weighted by molar-refractivity contribution is 5.35. The van der Waals surface area contributed by atoms with Crippen LogP contribution in [0.25, 0.3) is 0 Å². The largest absolute Gasteiger partial charge is 0.490 e. The highest BCUT2D eigenvalue weighted by Gasteiger charge is 2.34. The highest BCUT2D eigenvalue weighted by atomic mass is 19.4. The molecule has 0 bridgehead atoms. The van der Waals surface area contributed by atoms with E-state index < -0.39 is 11.7 Å². The van der Waals surface area contributed by atoms with Crippen LogP contribution in [-0.2, 0) is 10.9 Å². The first-order valence-electron chi connectivity index (χ1n) is 4.48. The molecule has 2 rings (SSSR count). The first-order chi connectivity index (χ1) is 7.07. The van der Waals surface area contributed by atoms with E-state index in [0.29, 0.717) is 6.61 Å². The summed E-state index contributed by atoms with van der Waals surface area (Å²) < 4.78 is 47.3. The Hall–Kier alpha value is -1.23. The van der Waals surface area contributed by atoms with Gasteiger partial charge < -0.3 is 9.47 Å². The standard InChI is InChI=1S/C10H9F3O2/c11-10(12,13)8-3-1-2-4-9(8)15-6-7-5-14-7/h1-4,7H,5-6H2/t7-/m1/s1. The van der Waals surface area contributed by atoms with Crippen LogP contribution < -0.4 is 4.74 Å². The van der Waals surface area contributed by atoms with E-state index in [9.17, 15) is 13.2 Å². The van der Waals surface area contributed by atoms with Gasteiger partial charge in [0.05, 0.1) is 12.2 Å². The van der Waals surface area contributed by atoms with Gasteiger partial charge in [0.25, 0.3) is 0 Å². The Kier molecular flexibility index (Phi) is 2.56. The summed E-state index contributed by atoms with van der Waals surface area (Å²) in [6, 6.07) is 5.16. The summed E-state index contributed by atoms with van der Waals surface area (Å²) in [5.74, 6) is -0.138. The topological polar surface area (TPSA) is 21.8 Å². The molecule has 1 aromatic carbocycles. The van der Waals surface area contributed by atoms with Crippen LogP contribution in [0.3, 0.4) is 0 Å². The first-order valence-corrected chi connectivity index (χ1v) is 4.48. The number of para-hydroxylation sites is 1. The summed E-state index contributed by atoms with van der Waals surface area (Å²) in [6.07, 6.45) is -4.42. The minimum absolute atomic E-state index is 0.0497. The summed E-state index contributed by atoms with van der Waals surface area (Å²) >= 11 is 0. The average Bonchev–Trinajstić information content (AvgIpc) is 2.97. The third-order valence-electron chi connectivity index (χ3n) is 2.02. The quantitative estimate of drug-likeness (QED) is 0.727. The molecule has 0 aromatic heterocycles. The fourth-order valence-corrected chi connectivity index (χ4v) is 1.17. The van der Waals surface area contributed by atoms with Crippen molar-refractivity contribution in [3.05, 3.63) is 29.8 Å². The van der Waals surface area contributed by atoms with Gasteiger partial charge in [-0.1, -0.05) is 12.1 Å². The minimum atomic E-state index is -4.37. The van der Waals surface area contributed by atoms with E-state index in [4.69, 9.17) is 9.47 Å². The van der Waals surface area contributed by atoms with Gasteiger partial charge in [-0.2, -0.15) is 13.2 Å². The number of rotatable bonds is 3. The van der Waals surface area contributed by atoms with Crippen molar-refractivity contribution in [3.63, 3.8) is 0 Å². The Balaban J connectivity index is 2.13. The van der Waals surface area contributed by atoms with Crippen molar-refractivity contribution in [3.8, 4) is 5.75 Å². The molecule has 1 aromatic rings. The maximum Gasteiger partial charge on any atom is 0.419 e. The molecule has 0 unspecified atom stereocenters. The zero-order valence-corrected chi connectivity index (χ0v) is 7.75. The van der Waals surface area contributed by atoms with Gasteiger partial charge in [-0.15, -0.1) is 0 Å². The molecular weight excluding hydrogens is 209 g/mol. The number of epoxide rings is 1. The lowest BCUT2D eigenvalue weighted by molar-refractivity contribution is -0.139. The average molecular weight is 218 g/mol. The summed E-state index contributed by atoms with van der Waals surface area (Å²) in [6.45, 7) is 0.737. The zero-order valence-electron chi connectivity index (χ0n) is 7.75. The van der Waals surface area contributed by atoms with Crippen LogP contribution >= 0.6 is 0 Å². The molecule has 1 atom stereocenters. The molecule has 5 heteroatoms. The lowest BCUT2D eigenvalue weighted by Crippen LogP contribution is -2.11. The van der Waals surface area contributed by atoms with Crippen LogP contribution in [0.5, 0.6) is 5.75 Å². The second-order valence-electron chi connectivity index (χ2n) is 3.26. The van der Waals surface area contributed by atoms with Crippen LogP contribution in [0.1, 0.15) is 5.56 Å². The number of alkyl halides is 3. The molecule has 15 heavy (non-hydrogen) atoms. The van der Waals surface area contributed by atoms with E-state index >= 15 is 0 Å². The van der Waals surface area contributed by atoms with Gasteiger partial charge in [-0.05, 0) is 12.1 Å². The van der Waals surface area contributed by atoms with Gasteiger partial charge in [0, 0.05) is 0 Å². The van der Waals surface area contributed by atoms with E-state index in [2.05, 4.69) is 0 Å². The Bertz CT molecular complexity index is 345. The van der Waals surface area contributed by atoms with Crippen molar-refractivity contribution in [2.45, 2.75) is 12.3 Å². The van der Waals surface area contributed by atoms with Crippen LogP contribution in [0, 0.1) is 0 Å². The summed E-state index contributed by atoms with van der Waals surface area (Å²) in [5, 5.41) is 0. The van der Waals surface area contributed by atoms with Crippen LogP contribution in [0.2, 0.25) is 0 Å². The van der Waals surface area contributed by atoms with Gasteiger partial charge in [-0.3, -0.25) is 0 Å². The number of hydrogen-bond acceptors (Lipinski definition) is 2. The Morgan fingerprint density at radius 1 is 1.33 bits per heavy atom. The van der Waals surface area contributed by atoms with Crippen LogP contribution in [0.4, 0.5) is 13.2 Å². The molecule has 0 saturated carbocycles. The second kappa shape index (κ2) is 3.73. The maximum absolute atomic E-state index is 12.5. The Labute approximate surface area is 84.6 Å². The molecule has 1 fully saturated rings. The molecule has 0 radical (unpaired) electrons. The van der Waals surface area contributed by atoms with Gasteiger partial charge in [-0.25, -0.2) is 0 Å². The van der Waals surface area contributed by atoms with Gasteiger partial charge in [0.15, 0.2) is 0 Å². The van der Waals surface area contributed by atoms with Crippen molar-refractivity contribution >= 4 is 0 Å². The minimum Gasteiger partial charge on any atom is -0.490 e. The monoisotopic (exact) mass is 218 g/mol. The summed E-state index contributed by atoms with van der Waals surface area (Å²) in [5.41, 5.74) is -0.745. The van der Waals surface area contributed by atoms with E-state index in [1.807, 2.05) is 0 Å². The molecule has 1 saturated heterocycles. The molecule has 2 nitrogen and oxygen atoms in total. The predicted molar refractivity (Wildman–Crippen MR) is 46.7 cm³/mol. The third-order valence-corrected chi connectivity index (χ3v) is 2.02. The molecular formula is C10H9F3O2. The fourth-order valence-electron chi connectivity index (χ4n) is 1.17. The van der Waals surface area contributed by atoms with Gasteiger partial charge in [0.2, 0.25) is 0 Å². The van der Waals surface area contributed by atoms with E-state index in [0.717, 1.165) is 6.07 Å². The number of benzene rings is 1. The maximum atomic E-state index is 12.5. The Morgan fingerprint density at radius 3 is 2.60 bits per heavy atom. The molecule has 82 valence electrons. The predicted octanol–water partition coefficient (Wildman–Crippen LogP) is 2.48. The fraction of sp³-hybridized carbons (Fsp3) is 0.400. The lowest BCUT2D eigenvalue weighted by Gasteiger charge is -2.12.